The van der Waals surface area contributed by atoms with E-state index in [1.165, 1.54) is 11.3 Å². The minimum absolute atomic E-state index is 0.226. The lowest BCUT2D eigenvalue weighted by Crippen LogP contribution is -2.12. The summed E-state index contributed by atoms with van der Waals surface area (Å²) in [4.78, 5) is 11.4. The van der Waals surface area contributed by atoms with Gasteiger partial charge in [0, 0.05) is 10.4 Å². The molecule has 0 amide bonds. The number of aryl methyl sites for hydroxylation is 1. The highest BCUT2D eigenvalue weighted by molar-refractivity contribution is 7.16. The van der Waals surface area contributed by atoms with Crippen LogP contribution in [0.15, 0.2) is 0 Å². The van der Waals surface area contributed by atoms with E-state index in [-0.39, 0.29) is 12.4 Å². The normalized spacial score (nSPS) is 14.7. The summed E-state index contributed by atoms with van der Waals surface area (Å²) in [6.45, 7) is -0.226. The highest BCUT2D eigenvalue weighted by Gasteiger charge is 2.20. The summed E-state index contributed by atoms with van der Waals surface area (Å²) in [6.07, 6.45) is 3.84. The monoisotopic (exact) mass is 229 g/mol. The maximum absolute atomic E-state index is 13.7. The third-order valence-electron chi connectivity index (χ3n) is 2.51. The van der Waals surface area contributed by atoms with Gasteiger partial charge in [0.25, 0.3) is 0 Å². The van der Waals surface area contributed by atoms with Gasteiger partial charge in [0.15, 0.2) is 5.82 Å². The van der Waals surface area contributed by atoms with Crippen LogP contribution in [0, 0.1) is 5.82 Å². The second kappa shape index (κ2) is 4.18. The van der Waals surface area contributed by atoms with Crippen molar-refractivity contribution in [2.45, 2.75) is 25.7 Å². The van der Waals surface area contributed by atoms with E-state index < -0.39 is 5.97 Å². The Bertz CT molecular complexity index is 389. The maximum atomic E-state index is 13.7. The summed E-state index contributed by atoms with van der Waals surface area (Å²) in [7, 11) is 0. The smallest absolute Gasteiger partial charge is 0.322 e. The van der Waals surface area contributed by atoms with Gasteiger partial charge in [-0.05, 0) is 25.7 Å². The lowest BCUT2D eigenvalue weighted by Gasteiger charge is -2.08. The first-order valence-corrected chi connectivity index (χ1v) is 5.76. The van der Waals surface area contributed by atoms with Crippen molar-refractivity contribution in [3.05, 3.63) is 16.3 Å². The van der Waals surface area contributed by atoms with E-state index in [4.69, 9.17) is 5.11 Å². The topological polar surface area (TPSA) is 49.3 Å². The van der Waals surface area contributed by atoms with Crippen LogP contribution in [-0.4, -0.2) is 17.6 Å². The zero-order valence-electron chi connectivity index (χ0n) is 8.18. The average Bonchev–Trinajstić information content (AvgIpc) is 2.54. The van der Waals surface area contributed by atoms with Gasteiger partial charge in [-0.1, -0.05) is 0 Å². The van der Waals surface area contributed by atoms with Crippen LogP contribution in [0.4, 0.5) is 9.39 Å². The Morgan fingerprint density at radius 3 is 2.87 bits per heavy atom. The molecule has 0 unspecified atom stereocenters. The van der Waals surface area contributed by atoms with Crippen LogP contribution in [0.25, 0.3) is 0 Å². The molecule has 0 fully saturated rings. The molecule has 0 radical (unpaired) electrons. The molecule has 0 aliphatic heterocycles. The zero-order chi connectivity index (χ0) is 10.8. The van der Waals surface area contributed by atoms with Crippen molar-refractivity contribution >= 4 is 22.3 Å². The summed E-state index contributed by atoms with van der Waals surface area (Å²) < 4.78 is 13.7. The number of carboxylic acids is 1. The van der Waals surface area contributed by atoms with E-state index in [1.807, 2.05) is 0 Å². The van der Waals surface area contributed by atoms with Crippen LogP contribution >= 0.6 is 11.3 Å². The molecule has 0 saturated heterocycles. The fourth-order valence-corrected chi connectivity index (χ4v) is 2.96. The number of fused-ring (bicyclic) bond motifs is 1. The van der Waals surface area contributed by atoms with Crippen LogP contribution in [0.5, 0.6) is 0 Å². The second-order valence-electron chi connectivity index (χ2n) is 3.60. The summed E-state index contributed by atoms with van der Waals surface area (Å²) >= 11 is 1.35. The molecule has 1 aliphatic rings. The molecule has 1 heterocycles. The molecule has 2 N–H and O–H groups in total. The number of carbonyl (C=O) groups is 1. The Balaban J connectivity index is 2.18. The minimum Gasteiger partial charge on any atom is -0.480 e. The van der Waals surface area contributed by atoms with E-state index in [9.17, 15) is 9.18 Å². The van der Waals surface area contributed by atoms with Crippen molar-refractivity contribution in [2.24, 2.45) is 0 Å². The van der Waals surface area contributed by atoms with Crippen molar-refractivity contribution in [3.8, 4) is 0 Å². The standard InChI is InChI=1S/C10H12FNO2S/c11-9-6-3-1-2-4-7(6)15-10(9)12-5-8(13)14/h12H,1-5H2,(H,13,14). The van der Waals surface area contributed by atoms with E-state index in [0.29, 0.717) is 5.00 Å². The quantitative estimate of drug-likeness (QED) is 0.835. The van der Waals surface area contributed by atoms with E-state index in [1.54, 1.807) is 0 Å². The first kappa shape index (κ1) is 10.4. The molecule has 0 saturated carbocycles. The highest BCUT2D eigenvalue weighted by Crippen LogP contribution is 2.36. The van der Waals surface area contributed by atoms with Gasteiger partial charge in [-0.2, -0.15) is 0 Å². The maximum Gasteiger partial charge on any atom is 0.322 e. The van der Waals surface area contributed by atoms with Crippen LogP contribution in [0.3, 0.4) is 0 Å². The van der Waals surface area contributed by atoms with Gasteiger partial charge in [-0.3, -0.25) is 4.79 Å². The fraction of sp³-hybridized carbons (Fsp3) is 0.500. The molecule has 1 aromatic rings. The van der Waals surface area contributed by atoms with E-state index in [2.05, 4.69) is 5.32 Å². The van der Waals surface area contributed by atoms with Crippen LogP contribution < -0.4 is 5.32 Å². The molecular formula is C10H12FNO2S. The van der Waals surface area contributed by atoms with Crippen LogP contribution in [0.2, 0.25) is 0 Å². The van der Waals surface area contributed by atoms with Gasteiger partial charge in [0.2, 0.25) is 0 Å². The number of anilines is 1. The lowest BCUT2D eigenvalue weighted by atomic mass is 9.99. The van der Waals surface area contributed by atoms with Gasteiger partial charge in [0.1, 0.15) is 11.5 Å². The van der Waals surface area contributed by atoms with Crippen molar-refractivity contribution in [2.75, 3.05) is 11.9 Å². The van der Waals surface area contributed by atoms with Crippen molar-refractivity contribution in [1.82, 2.24) is 0 Å². The Morgan fingerprint density at radius 1 is 1.47 bits per heavy atom. The number of hydrogen-bond acceptors (Lipinski definition) is 3. The molecule has 2 rings (SSSR count). The summed E-state index contributed by atoms with van der Waals surface area (Å²) in [5.74, 6) is -1.21. The summed E-state index contributed by atoms with van der Waals surface area (Å²) in [5.41, 5.74) is 0.791. The molecule has 0 aromatic carbocycles. The first-order chi connectivity index (χ1) is 7.18. The second-order valence-corrected chi connectivity index (χ2v) is 4.71. The van der Waals surface area contributed by atoms with Gasteiger partial charge in [-0.15, -0.1) is 11.3 Å². The first-order valence-electron chi connectivity index (χ1n) is 4.94. The van der Waals surface area contributed by atoms with Crippen molar-refractivity contribution < 1.29 is 14.3 Å². The van der Waals surface area contributed by atoms with E-state index in [0.717, 1.165) is 36.1 Å². The molecule has 1 aromatic heterocycles. The van der Waals surface area contributed by atoms with Crippen LogP contribution in [0.1, 0.15) is 23.3 Å². The van der Waals surface area contributed by atoms with Crippen molar-refractivity contribution in [1.29, 1.82) is 0 Å². The molecule has 1 aliphatic carbocycles. The van der Waals surface area contributed by atoms with Crippen molar-refractivity contribution in [3.63, 3.8) is 0 Å². The SMILES string of the molecule is O=C(O)CNc1sc2c(c1F)CCCC2. The Kier molecular flexibility index (Phi) is 2.90. The lowest BCUT2D eigenvalue weighted by molar-refractivity contribution is -0.134. The highest BCUT2D eigenvalue weighted by atomic mass is 32.1. The molecule has 15 heavy (non-hydrogen) atoms. The van der Waals surface area contributed by atoms with Gasteiger partial charge in [0.05, 0.1) is 0 Å². The largest absolute Gasteiger partial charge is 0.480 e. The number of rotatable bonds is 3. The van der Waals surface area contributed by atoms with Gasteiger partial charge < -0.3 is 10.4 Å². The molecular weight excluding hydrogens is 217 g/mol. The molecule has 0 spiro atoms. The average molecular weight is 229 g/mol. The summed E-state index contributed by atoms with van der Waals surface area (Å²) in [5, 5.41) is 11.5. The van der Waals surface area contributed by atoms with Gasteiger partial charge >= 0.3 is 5.97 Å². The summed E-state index contributed by atoms with van der Waals surface area (Å²) in [6, 6.07) is 0. The number of halogens is 1. The van der Waals surface area contributed by atoms with Gasteiger partial charge in [-0.25, -0.2) is 4.39 Å². The Morgan fingerprint density at radius 2 is 2.20 bits per heavy atom. The third kappa shape index (κ3) is 2.12. The fourth-order valence-electron chi connectivity index (χ4n) is 1.80. The molecule has 3 nitrogen and oxygen atoms in total. The molecule has 0 bridgehead atoms. The minimum atomic E-state index is -0.972. The number of carboxylic acid groups (broad SMARTS) is 1. The predicted octanol–water partition coefficient (Wildman–Crippen LogP) is 2.26. The number of hydrogen-bond donors (Lipinski definition) is 2. The third-order valence-corrected chi connectivity index (χ3v) is 3.73. The molecule has 82 valence electrons. The number of aliphatic carboxylic acids is 1. The molecule has 0 atom stereocenters. The van der Waals surface area contributed by atoms with Crippen LogP contribution in [-0.2, 0) is 17.6 Å². The zero-order valence-corrected chi connectivity index (χ0v) is 8.99. The molecule has 5 heteroatoms. The van der Waals surface area contributed by atoms with E-state index >= 15 is 0 Å². The Hall–Kier alpha value is -1.10. The Labute approximate surface area is 90.9 Å². The predicted molar refractivity (Wildman–Crippen MR) is 57.0 cm³/mol. The number of nitrogens with one attached hydrogen (secondary N) is 1. The number of thiophene rings is 1.